The number of aryl methyl sites for hydroxylation is 1. The fraction of sp³-hybridized carbons (Fsp3) is 0.545. The monoisotopic (exact) mass is 385 g/mol. The van der Waals surface area contributed by atoms with Crippen LogP contribution in [0.5, 0.6) is 5.75 Å². The standard InChI is InChI=1S/C22H31N3O3/c1-3-25-18-19(16-23-25)17-24-13-10-22(11-14-24,21(26)27-4-2)12-15-28-20-8-6-5-7-9-20/h5-9,16,18H,3-4,10-15,17H2,1-2H3. The highest BCUT2D eigenvalue weighted by Gasteiger charge is 2.42. The third-order valence-electron chi connectivity index (χ3n) is 5.53. The summed E-state index contributed by atoms with van der Waals surface area (Å²) in [6, 6.07) is 9.75. The molecule has 1 fully saturated rings. The van der Waals surface area contributed by atoms with Crippen molar-refractivity contribution in [3.63, 3.8) is 0 Å². The third-order valence-corrected chi connectivity index (χ3v) is 5.53. The maximum absolute atomic E-state index is 12.8. The van der Waals surface area contributed by atoms with Gasteiger partial charge in [0.2, 0.25) is 0 Å². The lowest BCUT2D eigenvalue weighted by molar-refractivity contribution is -0.159. The SMILES string of the molecule is CCOC(=O)C1(CCOc2ccccc2)CCN(Cc2cnn(CC)c2)CC1. The van der Waals surface area contributed by atoms with E-state index < -0.39 is 5.41 Å². The van der Waals surface area contributed by atoms with Crippen LogP contribution in [0.1, 0.15) is 38.7 Å². The summed E-state index contributed by atoms with van der Waals surface area (Å²) < 4.78 is 13.2. The third kappa shape index (κ3) is 5.13. The molecule has 0 aliphatic carbocycles. The summed E-state index contributed by atoms with van der Waals surface area (Å²) in [5.74, 6) is 0.761. The van der Waals surface area contributed by atoms with Crippen LogP contribution in [0, 0.1) is 5.41 Å². The maximum atomic E-state index is 12.8. The Labute approximate surface area is 167 Å². The molecule has 1 aliphatic heterocycles. The van der Waals surface area contributed by atoms with E-state index in [0.29, 0.717) is 19.6 Å². The second-order valence-corrected chi connectivity index (χ2v) is 7.39. The van der Waals surface area contributed by atoms with E-state index in [1.54, 1.807) is 0 Å². The molecular weight excluding hydrogens is 354 g/mol. The van der Waals surface area contributed by atoms with Crippen LogP contribution in [0.15, 0.2) is 42.7 Å². The van der Waals surface area contributed by atoms with Gasteiger partial charge in [-0.3, -0.25) is 14.4 Å². The van der Waals surface area contributed by atoms with Crippen molar-refractivity contribution >= 4 is 5.97 Å². The molecule has 1 aromatic heterocycles. The van der Waals surface area contributed by atoms with Gasteiger partial charge in [0.25, 0.3) is 0 Å². The summed E-state index contributed by atoms with van der Waals surface area (Å²) in [6.45, 7) is 8.40. The normalized spacial score (nSPS) is 16.6. The lowest BCUT2D eigenvalue weighted by atomic mass is 9.75. The number of hydrogen-bond donors (Lipinski definition) is 0. The zero-order valence-electron chi connectivity index (χ0n) is 17.0. The minimum Gasteiger partial charge on any atom is -0.494 e. The number of aromatic nitrogens is 2. The van der Waals surface area contributed by atoms with Crippen LogP contribution in [0.4, 0.5) is 0 Å². The first-order chi connectivity index (χ1) is 13.6. The first-order valence-electron chi connectivity index (χ1n) is 10.2. The number of ether oxygens (including phenoxy) is 2. The fourth-order valence-electron chi connectivity index (χ4n) is 3.78. The van der Waals surface area contributed by atoms with E-state index in [4.69, 9.17) is 9.47 Å². The van der Waals surface area contributed by atoms with Crippen LogP contribution >= 0.6 is 0 Å². The van der Waals surface area contributed by atoms with Crippen LogP contribution < -0.4 is 4.74 Å². The van der Waals surface area contributed by atoms with Gasteiger partial charge in [-0.2, -0.15) is 5.10 Å². The van der Waals surface area contributed by atoms with E-state index in [9.17, 15) is 4.79 Å². The lowest BCUT2D eigenvalue weighted by Gasteiger charge is -2.39. The Morgan fingerprint density at radius 2 is 1.93 bits per heavy atom. The quantitative estimate of drug-likeness (QED) is 0.618. The molecule has 1 aliphatic rings. The van der Waals surface area contributed by atoms with Gasteiger partial charge in [0.1, 0.15) is 5.75 Å². The first kappa shape index (κ1) is 20.4. The first-order valence-corrected chi connectivity index (χ1v) is 10.2. The van der Waals surface area contributed by atoms with Gasteiger partial charge in [0.05, 0.1) is 24.8 Å². The number of piperidine rings is 1. The molecule has 1 aromatic carbocycles. The summed E-state index contributed by atoms with van der Waals surface area (Å²) in [7, 11) is 0. The zero-order valence-corrected chi connectivity index (χ0v) is 17.0. The average molecular weight is 386 g/mol. The molecule has 28 heavy (non-hydrogen) atoms. The molecule has 2 aromatic rings. The highest BCUT2D eigenvalue weighted by molar-refractivity contribution is 5.77. The summed E-state index contributed by atoms with van der Waals surface area (Å²) in [4.78, 5) is 15.2. The topological polar surface area (TPSA) is 56.6 Å². The van der Waals surface area contributed by atoms with Gasteiger partial charge in [0, 0.05) is 24.8 Å². The van der Waals surface area contributed by atoms with Gasteiger partial charge >= 0.3 is 5.97 Å². The van der Waals surface area contributed by atoms with Crippen molar-refractivity contribution in [2.45, 2.75) is 46.2 Å². The van der Waals surface area contributed by atoms with E-state index in [2.05, 4.69) is 23.1 Å². The second kappa shape index (κ2) is 9.73. The Kier molecular flexibility index (Phi) is 7.09. The van der Waals surface area contributed by atoms with E-state index in [1.165, 1.54) is 5.56 Å². The van der Waals surface area contributed by atoms with Crippen LogP contribution in [0.3, 0.4) is 0 Å². The van der Waals surface area contributed by atoms with E-state index in [-0.39, 0.29) is 5.97 Å². The van der Waals surface area contributed by atoms with Gasteiger partial charge in [-0.1, -0.05) is 18.2 Å². The molecule has 6 nitrogen and oxygen atoms in total. The largest absolute Gasteiger partial charge is 0.494 e. The Morgan fingerprint density at radius 1 is 1.18 bits per heavy atom. The number of carbonyl (C=O) groups is 1. The van der Waals surface area contributed by atoms with Crippen LogP contribution in [0.25, 0.3) is 0 Å². The van der Waals surface area contributed by atoms with E-state index in [0.717, 1.165) is 44.8 Å². The fourth-order valence-corrected chi connectivity index (χ4v) is 3.78. The molecule has 6 heteroatoms. The molecule has 0 N–H and O–H groups in total. The molecule has 0 bridgehead atoms. The number of esters is 1. The molecule has 3 rings (SSSR count). The number of likely N-dealkylation sites (tertiary alicyclic amines) is 1. The van der Waals surface area contributed by atoms with Crippen molar-refractivity contribution in [1.29, 1.82) is 0 Å². The molecule has 0 amide bonds. The molecular formula is C22H31N3O3. The van der Waals surface area contributed by atoms with Crippen LogP contribution in [-0.2, 0) is 22.6 Å². The zero-order chi connectivity index (χ0) is 19.8. The number of benzene rings is 1. The number of rotatable bonds is 9. The van der Waals surface area contributed by atoms with Gasteiger partial charge in [-0.15, -0.1) is 0 Å². The highest BCUT2D eigenvalue weighted by atomic mass is 16.5. The van der Waals surface area contributed by atoms with Crippen molar-refractivity contribution in [2.24, 2.45) is 5.41 Å². The van der Waals surface area contributed by atoms with Crippen LogP contribution in [0.2, 0.25) is 0 Å². The highest BCUT2D eigenvalue weighted by Crippen LogP contribution is 2.37. The van der Waals surface area contributed by atoms with E-state index in [1.807, 2.05) is 48.1 Å². The minimum atomic E-state index is -0.450. The van der Waals surface area contributed by atoms with E-state index >= 15 is 0 Å². The van der Waals surface area contributed by atoms with Crippen molar-refractivity contribution in [1.82, 2.24) is 14.7 Å². The summed E-state index contributed by atoms with van der Waals surface area (Å²) >= 11 is 0. The van der Waals surface area contributed by atoms with Gasteiger partial charge in [0.15, 0.2) is 0 Å². The Morgan fingerprint density at radius 3 is 2.57 bits per heavy atom. The summed E-state index contributed by atoms with van der Waals surface area (Å²) in [6.07, 6.45) is 6.31. The Bertz CT molecular complexity index is 736. The molecule has 0 unspecified atom stereocenters. The van der Waals surface area contributed by atoms with Gasteiger partial charge in [-0.05, 0) is 58.3 Å². The molecule has 1 saturated heterocycles. The Hall–Kier alpha value is -2.34. The Balaban J connectivity index is 1.57. The summed E-state index contributed by atoms with van der Waals surface area (Å²) in [5.41, 5.74) is 0.771. The van der Waals surface area contributed by atoms with Gasteiger partial charge in [-0.25, -0.2) is 0 Å². The van der Waals surface area contributed by atoms with Crippen molar-refractivity contribution in [3.8, 4) is 5.75 Å². The molecule has 0 radical (unpaired) electrons. The molecule has 2 heterocycles. The number of carbonyl (C=O) groups excluding carboxylic acids is 1. The van der Waals surface area contributed by atoms with Crippen molar-refractivity contribution < 1.29 is 14.3 Å². The van der Waals surface area contributed by atoms with Crippen LogP contribution in [-0.4, -0.2) is 47.0 Å². The predicted octanol–water partition coefficient (Wildman–Crippen LogP) is 3.52. The number of para-hydroxylation sites is 1. The predicted molar refractivity (Wildman–Crippen MR) is 108 cm³/mol. The molecule has 0 saturated carbocycles. The maximum Gasteiger partial charge on any atom is 0.312 e. The molecule has 152 valence electrons. The number of nitrogens with zero attached hydrogens (tertiary/aromatic N) is 3. The summed E-state index contributed by atoms with van der Waals surface area (Å²) in [5, 5.41) is 4.35. The second-order valence-electron chi connectivity index (χ2n) is 7.39. The minimum absolute atomic E-state index is 0.0786. The molecule has 0 atom stereocenters. The smallest absolute Gasteiger partial charge is 0.312 e. The van der Waals surface area contributed by atoms with Crippen molar-refractivity contribution in [2.75, 3.05) is 26.3 Å². The lowest BCUT2D eigenvalue weighted by Crippen LogP contribution is -2.45. The van der Waals surface area contributed by atoms with Gasteiger partial charge < -0.3 is 9.47 Å². The number of hydrogen-bond acceptors (Lipinski definition) is 5. The molecule has 0 spiro atoms. The van der Waals surface area contributed by atoms with Crippen molar-refractivity contribution in [3.05, 3.63) is 48.3 Å². The average Bonchev–Trinajstić information content (AvgIpc) is 3.18.